The monoisotopic (exact) mass is 172 g/mol. The van der Waals surface area contributed by atoms with E-state index in [9.17, 15) is 8.78 Å². The van der Waals surface area contributed by atoms with Gasteiger partial charge in [-0.15, -0.1) is 0 Å². The predicted molar refractivity (Wildman–Crippen MR) is 42.0 cm³/mol. The van der Waals surface area contributed by atoms with E-state index >= 15 is 0 Å². The molecule has 0 aliphatic rings. The lowest BCUT2D eigenvalue weighted by Crippen LogP contribution is -1.97. The van der Waals surface area contributed by atoms with Gasteiger partial charge < -0.3 is 5.11 Å². The fraction of sp³-hybridized carbons (Fsp3) is 0.333. The van der Waals surface area contributed by atoms with Crippen LogP contribution in [0.5, 0.6) is 0 Å². The van der Waals surface area contributed by atoms with Crippen molar-refractivity contribution in [1.29, 1.82) is 0 Å². The average Bonchev–Trinajstić information content (AvgIpc) is 2.05. The van der Waals surface area contributed by atoms with Crippen LogP contribution < -0.4 is 0 Å². The molecule has 1 aromatic rings. The third kappa shape index (κ3) is 2.01. The molecule has 66 valence electrons. The van der Waals surface area contributed by atoms with Crippen LogP contribution in [0.3, 0.4) is 0 Å². The molecule has 1 aromatic carbocycles. The highest BCUT2D eigenvalue weighted by Crippen LogP contribution is 2.22. The quantitative estimate of drug-likeness (QED) is 0.741. The minimum Gasteiger partial charge on any atom is -0.396 e. The SMILES string of the molecule is OCCC(F)c1ccccc1F. The third-order valence-electron chi connectivity index (χ3n) is 1.63. The molecule has 0 spiro atoms. The molecule has 1 N–H and O–H groups in total. The van der Waals surface area contributed by atoms with E-state index in [0.717, 1.165) is 0 Å². The summed E-state index contributed by atoms with van der Waals surface area (Å²) in [7, 11) is 0. The zero-order valence-electron chi connectivity index (χ0n) is 6.50. The number of rotatable bonds is 3. The highest BCUT2D eigenvalue weighted by molar-refractivity contribution is 5.19. The largest absolute Gasteiger partial charge is 0.396 e. The Kier molecular flexibility index (Phi) is 3.17. The maximum atomic E-state index is 13.0. The van der Waals surface area contributed by atoms with Gasteiger partial charge in [-0.1, -0.05) is 18.2 Å². The first-order valence-electron chi connectivity index (χ1n) is 3.75. The molecule has 12 heavy (non-hydrogen) atoms. The first-order valence-corrected chi connectivity index (χ1v) is 3.75. The summed E-state index contributed by atoms with van der Waals surface area (Å²) in [5.74, 6) is -0.557. The van der Waals surface area contributed by atoms with Crippen molar-refractivity contribution in [1.82, 2.24) is 0 Å². The van der Waals surface area contributed by atoms with E-state index in [-0.39, 0.29) is 18.6 Å². The van der Waals surface area contributed by atoms with Crippen LogP contribution in [0.4, 0.5) is 8.78 Å². The van der Waals surface area contributed by atoms with Crippen molar-refractivity contribution in [2.24, 2.45) is 0 Å². The molecular weight excluding hydrogens is 162 g/mol. The van der Waals surface area contributed by atoms with E-state index in [4.69, 9.17) is 5.11 Å². The smallest absolute Gasteiger partial charge is 0.130 e. The predicted octanol–water partition coefficient (Wildman–Crippen LogP) is 2.22. The van der Waals surface area contributed by atoms with E-state index in [0.29, 0.717) is 0 Å². The van der Waals surface area contributed by atoms with Crippen molar-refractivity contribution in [2.45, 2.75) is 12.6 Å². The minimum absolute atomic E-state index is 0.0200. The van der Waals surface area contributed by atoms with Crippen molar-refractivity contribution >= 4 is 0 Å². The van der Waals surface area contributed by atoms with Gasteiger partial charge in [0.05, 0.1) is 0 Å². The Hall–Kier alpha value is -0.960. The molecule has 0 bridgehead atoms. The molecule has 0 amide bonds. The third-order valence-corrected chi connectivity index (χ3v) is 1.63. The van der Waals surface area contributed by atoms with Crippen LogP contribution in [-0.2, 0) is 0 Å². The summed E-state index contributed by atoms with van der Waals surface area (Å²) in [6.07, 6.45) is -1.46. The molecule has 1 unspecified atom stereocenters. The highest BCUT2D eigenvalue weighted by Gasteiger charge is 2.12. The first kappa shape index (κ1) is 9.13. The van der Waals surface area contributed by atoms with Crippen molar-refractivity contribution in [3.8, 4) is 0 Å². The van der Waals surface area contributed by atoms with Gasteiger partial charge in [0.15, 0.2) is 0 Å². The Bertz CT molecular complexity index is 250. The number of aliphatic hydroxyl groups is 1. The normalized spacial score (nSPS) is 12.9. The molecule has 0 aromatic heterocycles. The maximum absolute atomic E-state index is 13.0. The summed E-state index contributed by atoms with van der Waals surface area (Å²) in [6.45, 7) is -0.268. The molecule has 1 nitrogen and oxygen atoms in total. The van der Waals surface area contributed by atoms with Crippen LogP contribution >= 0.6 is 0 Å². The topological polar surface area (TPSA) is 20.2 Å². The average molecular weight is 172 g/mol. The molecule has 0 saturated heterocycles. The van der Waals surface area contributed by atoms with Gasteiger partial charge in [0, 0.05) is 18.6 Å². The van der Waals surface area contributed by atoms with Crippen LogP contribution in [0.15, 0.2) is 24.3 Å². The molecular formula is C9H10F2O. The van der Waals surface area contributed by atoms with Crippen molar-refractivity contribution < 1.29 is 13.9 Å². The number of alkyl halides is 1. The van der Waals surface area contributed by atoms with E-state index in [1.807, 2.05) is 0 Å². The van der Waals surface area contributed by atoms with Gasteiger partial charge in [0.25, 0.3) is 0 Å². The maximum Gasteiger partial charge on any atom is 0.130 e. The standard InChI is InChI=1S/C9H10F2O/c10-8-4-2-1-3-7(8)9(11)5-6-12/h1-4,9,12H,5-6H2. The molecule has 0 heterocycles. The lowest BCUT2D eigenvalue weighted by molar-refractivity contribution is 0.219. The second-order valence-corrected chi connectivity index (χ2v) is 2.50. The van der Waals surface area contributed by atoms with Gasteiger partial charge in [-0.05, 0) is 6.07 Å². The summed E-state index contributed by atoms with van der Waals surface area (Å²) < 4.78 is 25.8. The second kappa shape index (κ2) is 4.16. The Morgan fingerprint density at radius 3 is 2.58 bits per heavy atom. The first-order chi connectivity index (χ1) is 5.75. The van der Waals surface area contributed by atoms with Crippen LogP contribution in [0.1, 0.15) is 18.2 Å². The van der Waals surface area contributed by atoms with Gasteiger partial charge in [-0.2, -0.15) is 0 Å². The Morgan fingerprint density at radius 1 is 1.33 bits per heavy atom. The zero-order chi connectivity index (χ0) is 8.97. The number of hydrogen-bond acceptors (Lipinski definition) is 1. The van der Waals surface area contributed by atoms with Crippen molar-refractivity contribution in [3.05, 3.63) is 35.6 Å². The summed E-state index contributed by atoms with van der Waals surface area (Å²) in [6, 6.07) is 5.67. The lowest BCUT2D eigenvalue weighted by Gasteiger charge is -2.06. The summed E-state index contributed by atoms with van der Waals surface area (Å²) in [5.41, 5.74) is 0.0200. The van der Waals surface area contributed by atoms with E-state index < -0.39 is 12.0 Å². The van der Waals surface area contributed by atoms with Crippen LogP contribution in [0.2, 0.25) is 0 Å². The summed E-state index contributed by atoms with van der Waals surface area (Å²) in [4.78, 5) is 0. The van der Waals surface area contributed by atoms with Gasteiger partial charge in [-0.3, -0.25) is 0 Å². The highest BCUT2D eigenvalue weighted by atomic mass is 19.1. The Balaban J connectivity index is 2.79. The van der Waals surface area contributed by atoms with Crippen LogP contribution in [0.25, 0.3) is 0 Å². The fourth-order valence-electron chi connectivity index (χ4n) is 0.998. The van der Waals surface area contributed by atoms with Gasteiger partial charge in [0.1, 0.15) is 12.0 Å². The molecule has 1 atom stereocenters. The molecule has 0 saturated carbocycles. The molecule has 0 aliphatic carbocycles. The number of benzene rings is 1. The van der Waals surface area contributed by atoms with Gasteiger partial charge in [0.2, 0.25) is 0 Å². The summed E-state index contributed by atoms with van der Waals surface area (Å²) in [5, 5.41) is 8.43. The van der Waals surface area contributed by atoms with Crippen LogP contribution in [0, 0.1) is 5.82 Å². The lowest BCUT2D eigenvalue weighted by atomic mass is 10.1. The fourth-order valence-corrected chi connectivity index (χ4v) is 0.998. The number of aliphatic hydroxyl groups excluding tert-OH is 1. The second-order valence-electron chi connectivity index (χ2n) is 2.50. The molecule has 0 radical (unpaired) electrons. The number of halogens is 2. The molecule has 3 heteroatoms. The van der Waals surface area contributed by atoms with Gasteiger partial charge in [-0.25, -0.2) is 8.78 Å². The van der Waals surface area contributed by atoms with Crippen molar-refractivity contribution in [3.63, 3.8) is 0 Å². The van der Waals surface area contributed by atoms with Crippen LogP contribution in [-0.4, -0.2) is 11.7 Å². The molecule has 0 fully saturated rings. The van der Waals surface area contributed by atoms with E-state index in [1.165, 1.54) is 18.2 Å². The Morgan fingerprint density at radius 2 is 2.00 bits per heavy atom. The Labute approximate surface area is 69.7 Å². The van der Waals surface area contributed by atoms with E-state index in [1.54, 1.807) is 6.07 Å². The number of hydrogen-bond donors (Lipinski definition) is 1. The van der Waals surface area contributed by atoms with E-state index in [2.05, 4.69) is 0 Å². The minimum atomic E-state index is -1.41. The van der Waals surface area contributed by atoms with Gasteiger partial charge >= 0.3 is 0 Å². The zero-order valence-corrected chi connectivity index (χ0v) is 6.50. The molecule has 0 aliphatic heterocycles. The summed E-state index contributed by atoms with van der Waals surface area (Å²) >= 11 is 0. The molecule has 1 rings (SSSR count). The van der Waals surface area contributed by atoms with Crippen molar-refractivity contribution in [2.75, 3.05) is 6.61 Å².